The monoisotopic (exact) mass is 362 g/mol. The van der Waals surface area contributed by atoms with Gasteiger partial charge in [0.2, 0.25) is 5.88 Å². The molecule has 1 aromatic heterocycles. The summed E-state index contributed by atoms with van der Waals surface area (Å²) in [7, 11) is 1.62. The Kier molecular flexibility index (Phi) is 7.69. The highest BCUT2D eigenvalue weighted by atomic mass is 16.5. The molecule has 1 aliphatic rings. The Balaban J connectivity index is 1.98. The van der Waals surface area contributed by atoms with Crippen LogP contribution in [0.5, 0.6) is 5.88 Å². The molecule has 6 nitrogen and oxygen atoms in total. The predicted molar refractivity (Wildman–Crippen MR) is 106 cm³/mol. The number of hydrogen-bond acceptors (Lipinski definition) is 4. The van der Waals surface area contributed by atoms with Gasteiger partial charge in [0.25, 0.3) is 0 Å². The number of guanidine groups is 1. The van der Waals surface area contributed by atoms with Crippen LogP contribution in [0.25, 0.3) is 0 Å². The van der Waals surface area contributed by atoms with E-state index in [4.69, 9.17) is 9.47 Å². The highest BCUT2D eigenvalue weighted by Crippen LogP contribution is 2.33. The molecule has 0 amide bonds. The number of ether oxygens (including phenoxy) is 2. The van der Waals surface area contributed by atoms with Crippen LogP contribution in [-0.2, 0) is 11.3 Å². The van der Waals surface area contributed by atoms with Gasteiger partial charge >= 0.3 is 0 Å². The van der Waals surface area contributed by atoms with Crippen LogP contribution in [0.1, 0.15) is 46.2 Å². The summed E-state index contributed by atoms with van der Waals surface area (Å²) >= 11 is 0. The molecule has 0 aromatic carbocycles. The molecule has 146 valence electrons. The summed E-state index contributed by atoms with van der Waals surface area (Å²) in [6, 6.07) is 5.73. The van der Waals surface area contributed by atoms with Crippen LogP contribution >= 0.6 is 0 Å². The third-order valence-corrected chi connectivity index (χ3v) is 4.56. The van der Waals surface area contributed by atoms with Gasteiger partial charge in [0.15, 0.2) is 5.96 Å². The Morgan fingerprint density at radius 3 is 2.85 bits per heavy atom. The van der Waals surface area contributed by atoms with Crippen LogP contribution in [0.3, 0.4) is 0 Å². The molecule has 2 rings (SSSR count). The molecule has 0 spiro atoms. The van der Waals surface area contributed by atoms with E-state index in [0.29, 0.717) is 18.3 Å². The van der Waals surface area contributed by atoms with Gasteiger partial charge in [-0.2, -0.15) is 0 Å². The smallest absolute Gasteiger partial charge is 0.213 e. The molecule has 0 radical (unpaired) electrons. The fourth-order valence-electron chi connectivity index (χ4n) is 3.40. The molecule has 2 atom stereocenters. The Bertz CT molecular complexity index is 583. The zero-order valence-corrected chi connectivity index (χ0v) is 16.8. The molecule has 1 aliphatic heterocycles. The number of nitrogens with zero attached hydrogens (tertiary/aromatic N) is 2. The minimum absolute atomic E-state index is 0.146. The number of methoxy groups -OCH3 is 1. The van der Waals surface area contributed by atoms with Gasteiger partial charge in [-0.05, 0) is 31.2 Å². The average Bonchev–Trinajstić information content (AvgIpc) is 2.63. The summed E-state index contributed by atoms with van der Waals surface area (Å²) in [5, 5.41) is 6.80. The van der Waals surface area contributed by atoms with Crippen molar-refractivity contribution < 1.29 is 9.47 Å². The summed E-state index contributed by atoms with van der Waals surface area (Å²) in [5.74, 6) is 1.92. The number of pyridine rings is 1. The van der Waals surface area contributed by atoms with Gasteiger partial charge in [0.1, 0.15) is 0 Å². The van der Waals surface area contributed by atoms with Crippen molar-refractivity contribution in [1.29, 1.82) is 0 Å². The number of nitrogens with one attached hydrogen (secondary N) is 2. The summed E-state index contributed by atoms with van der Waals surface area (Å²) < 4.78 is 11.3. The van der Waals surface area contributed by atoms with Crippen LogP contribution in [0, 0.1) is 11.3 Å². The zero-order valence-electron chi connectivity index (χ0n) is 16.8. The van der Waals surface area contributed by atoms with Crippen LogP contribution < -0.4 is 15.4 Å². The number of rotatable bonds is 6. The first-order chi connectivity index (χ1) is 12.4. The minimum atomic E-state index is 0.146. The van der Waals surface area contributed by atoms with Crippen LogP contribution in [0.4, 0.5) is 0 Å². The molecule has 6 heteroatoms. The van der Waals surface area contributed by atoms with Crippen molar-refractivity contribution in [3.8, 4) is 5.88 Å². The van der Waals surface area contributed by atoms with E-state index in [1.54, 1.807) is 7.11 Å². The topological polar surface area (TPSA) is 67.8 Å². The van der Waals surface area contributed by atoms with Gasteiger partial charge < -0.3 is 20.1 Å². The summed E-state index contributed by atoms with van der Waals surface area (Å²) in [6.45, 7) is 11.9. The molecule has 1 fully saturated rings. The fraction of sp³-hybridized carbons (Fsp3) is 0.700. The molecule has 1 aromatic rings. The molecule has 2 heterocycles. The minimum Gasteiger partial charge on any atom is -0.481 e. The van der Waals surface area contributed by atoms with E-state index < -0.39 is 0 Å². The van der Waals surface area contributed by atoms with E-state index in [0.717, 1.165) is 37.8 Å². The van der Waals surface area contributed by atoms with E-state index in [9.17, 15) is 0 Å². The Hall–Kier alpha value is -1.82. The number of aliphatic imine (C=N–C) groups is 1. The second-order valence-electron chi connectivity index (χ2n) is 7.81. The van der Waals surface area contributed by atoms with Crippen LogP contribution in [0.2, 0.25) is 0 Å². The second kappa shape index (κ2) is 9.76. The largest absolute Gasteiger partial charge is 0.481 e. The Morgan fingerprint density at radius 1 is 1.35 bits per heavy atom. The van der Waals surface area contributed by atoms with Crippen molar-refractivity contribution in [2.45, 2.75) is 53.2 Å². The summed E-state index contributed by atoms with van der Waals surface area (Å²) in [6.07, 6.45) is 2.58. The molecular weight excluding hydrogens is 328 g/mol. The lowest BCUT2D eigenvalue weighted by atomic mass is 9.78. The quantitative estimate of drug-likeness (QED) is 0.601. The number of hydrogen-bond donors (Lipinski definition) is 2. The molecule has 26 heavy (non-hydrogen) atoms. The average molecular weight is 363 g/mol. The van der Waals surface area contributed by atoms with E-state index in [-0.39, 0.29) is 11.5 Å². The first-order valence-electron chi connectivity index (χ1n) is 9.57. The standard InChI is InChI=1S/C20H34N4O2/c1-6-21-19(23-14-16-10-7-11-17(24-16)25-5)22-13-15-9-8-12-26-18(15)20(2,3)4/h7,10-11,15,18H,6,8-9,12-14H2,1-5H3,(H2,21,22,23). The highest BCUT2D eigenvalue weighted by Gasteiger charge is 2.35. The van der Waals surface area contributed by atoms with Crippen molar-refractivity contribution in [2.75, 3.05) is 26.8 Å². The lowest BCUT2D eigenvalue weighted by Gasteiger charge is -2.40. The van der Waals surface area contributed by atoms with E-state index in [2.05, 4.69) is 48.3 Å². The molecule has 0 aliphatic carbocycles. The fourth-order valence-corrected chi connectivity index (χ4v) is 3.40. The van der Waals surface area contributed by atoms with E-state index in [1.807, 2.05) is 18.2 Å². The third kappa shape index (κ3) is 6.16. The zero-order chi connectivity index (χ0) is 19.0. The van der Waals surface area contributed by atoms with Crippen molar-refractivity contribution >= 4 is 5.96 Å². The Labute approximate surface area is 157 Å². The lowest BCUT2D eigenvalue weighted by molar-refractivity contribution is -0.0835. The van der Waals surface area contributed by atoms with Gasteiger partial charge in [-0.25, -0.2) is 9.98 Å². The second-order valence-corrected chi connectivity index (χ2v) is 7.81. The van der Waals surface area contributed by atoms with Crippen LogP contribution in [-0.4, -0.2) is 43.9 Å². The molecule has 1 saturated heterocycles. The van der Waals surface area contributed by atoms with E-state index >= 15 is 0 Å². The SMILES string of the molecule is CCNC(=NCc1cccc(OC)n1)NCC1CCCOC1C(C)(C)C. The molecular formula is C20H34N4O2. The van der Waals surface area contributed by atoms with Crippen molar-refractivity contribution in [1.82, 2.24) is 15.6 Å². The molecule has 0 saturated carbocycles. The first kappa shape index (κ1) is 20.5. The van der Waals surface area contributed by atoms with Crippen LogP contribution in [0.15, 0.2) is 23.2 Å². The maximum Gasteiger partial charge on any atom is 0.213 e. The maximum atomic E-state index is 6.08. The predicted octanol–water partition coefficient (Wildman–Crippen LogP) is 2.99. The summed E-state index contributed by atoms with van der Waals surface area (Å²) in [4.78, 5) is 9.08. The van der Waals surface area contributed by atoms with E-state index in [1.165, 1.54) is 6.42 Å². The Morgan fingerprint density at radius 2 is 2.15 bits per heavy atom. The van der Waals surface area contributed by atoms with Gasteiger partial charge in [0, 0.05) is 31.7 Å². The summed E-state index contributed by atoms with van der Waals surface area (Å²) in [5.41, 5.74) is 1.03. The van der Waals surface area contributed by atoms with Gasteiger partial charge in [-0.15, -0.1) is 0 Å². The first-order valence-corrected chi connectivity index (χ1v) is 9.57. The molecule has 2 unspecified atom stereocenters. The highest BCUT2D eigenvalue weighted by molar-refractivity contribution is 5.79. The number of aromatic nitrogens is 1. The molecule has 2 N–H and O–H groups in total. The maximum absolute atomic E-state index is 6.08. The molecule has 0 bridgehead atoms. The normalized spacial score (nSPS) is 21.3. The van der Waals surface area contributed by atoms with Gasteiger partial charge in [0.05, 0.1) is 25.5 Å². The van der Waals surface area contributed by atoms with Crippen molar-refractivity contribution in [3.63, 3.8) is 0 Å². The lowest BCUT2D eigenvalue weighted by Crippen LogP contribution is -2.47. The van der Waals surface area contributed by atoms with Gasteiger partial charge in [-0.1, -0.05) is 26.8 Å². The van der Waals surface area contributed by atoms with Gasteiger partial charge in [-0.3, -0.25) is 0 Å². The van der Waals surface area contributed by atoms with Crippen molar-refractivity contribution in [3.05, 3.63) is 23.9 Å². The van der Waals surface area contributed by atoms with Crippen molar-refractivity contribution in [2.24, 2.45) is 16.3 Å². The third-order valence-electron chi connectivity index (χ3n) is 4.56.